The molecule has 0 saturated carbocycles. The quantitative estimate of drug-likeness (QED) is 0.494. The van der Waals surface area contributed by atoms with Crippen LogP contribution in [0.1, 0.15) is 30.7 Å². The fraction of sp³-hybridized carbons (Fsp3) is 0.458. The Labute approximate surface area is 219 Å². The van der Waals surface area contributed by atoms with Crippen LogP contribution in [0.2, 0.25) is 5.02 Å². The molecule has 0 aliphatic carbocycles. The standard InChI is InChI=1S/C24H29ClN4O5S2/c1-13-6-14(2)10-29(9-13)36(32,33)22-16(4)35-23-21(22)24(31)28(12-26-23)11-20(30)27-18-7-15(3)17(25)8-19(18)34-5/h7-8,12-14H,6,9-11H2,1-5H3,(H,27,30). The molecule has 1 aliphatic rings. The zero-order valence-corrected chi connectivity index (χ0v) is 23.2. The molecule has 2 unspecified atom stereocenters. The molecule has 1 saturated heterocycles. The second-order valence-electron chi connectivity index (χ2n) is 9.46. The molecule has 0 spiro atoms. The minimum atomic E-state index is -3.92. The Morgan fingerprint density at radius 1 is 1.25 bits per heavy atom. The fourth-order valence-electron chi connectivity index (χ4n) is 4.74. The van der Waals surface area contributed by atoms with Gasteiger partial charge in [0, 0.05) is 29.1 Å². The molecule has 3 aromatic rings. The number of thiophene rings is 1. The smallest absolute Gasteiger partial charge is 0.263 e. The van der Waals surface area contributed by atoms with Gasteiger partial charge in [0.05, 0.1) is 24.5 Å². The molecule has 9 nitrogen and oxygen atoms in total. The van der Waals surface area contributed by atoms with E-state index in [0.717, 1.165) is 27.9 Å². The third-order valence-electron chi connectivity index (χ3n) is 6.30. The van der Waals surface area contributed by atoms with Crippen molar-refractivity contribution in [3.8, 4) is 5.75 Å². The Morgan fingerprint density at radius 2 is 1.92 bits per heavy atom. The summed E-state index contributed by atoms with van der Waals surface area (Å²) in [5.74, 6) is 0.335. The average molecular weight is 553 g/mol. The molecule has 1 aromatic carbocycles. The molecule has 2 atom stereocenters. The van der Waals surface area contributed by atoms with Crippen LogP contribution in [0.5, 0.6) is 5.75 Å². The Bertz CT molecular complexity index is 1490. The lowest BCUT2D eigenvalue weighted by molar-refractivity contribution is -0.116. The van der Waals surface area contributed by atoms with Crippen molar-refractivity contribution in [3.05, 3.63) is 44.3 Å². The van der Waals surface area contributed by atoms with Crippen LogP contribution in [0.3, 0.4) is 0 Å². The van der Waals surface area contributed by atoms with Gasteiger partial charge in [-0.3, -0.25) is 14.2 Å². The van der Waals surface area contributed by atoms with Gasteiger partial charge >= 0.3 is 0 Å². The summed E-state index contributed by atoms with van der Waals surface area (Å²) in [5.41, 5.74) is 0.586. The third-order valence-corrected chi connectivity index (χ3v) is 9.86. The number of carbonyl (C=O) groups is 1. The van der Waals surface area contributed by atoms with Crippen molar-refractivity contribution in [2.24, 2.45) is 11.8 Å². The van der Waals surface area contributed by atoms with Crippen LogP contribution >= 0.6 is 22.9 Å². The number of rotatable bonds is 6. The number of aryl methyl sites for hydroxylation is 2. The Morgan fingerprint density at radius 3 is 2.56 bits per heavy atom. The first-order valence-electron chi connectivity index (χ1n) is 11.5. The summed E-state index contributed by atoms with van der Waals surface area (Å²) in [6.07, 6.45) is 2.22. The number of sulfonamides is 1. The van der Waals surface area contributed by atoms with Gasteiger partial charge in [-0.15, -0.1) is 11.3 Å². The van der Waals surface area contributed by atoms with Crippen molar-refractivity contribution in [1.82, 2.24) is 13.9 Å². The van der Waals surface area contributed by atoms with E-state index in [4.69, 9.17) is 16.3 Å². The van der Waals surface area contributed by atoms with E-state index in [-0.39, 0.29) is 28.7 Å². The molecule has 36 heavy (non-hydrogen) atoms. The lowest BCUT2D eigenvalue weighted by Gasteiger charge is -2.34. The van der Waals surface area contributed by atoms with E-state index >= 15 is 0 Å². The predicted molar refractivity (Wildman–Crippen MR) is 142 cm³/mol. The van der Waals surface area contributed by atoms with Gasteiger partial charge in [0.2, 0.25) is 15.9 Å². The fourth-order valence-corrected chi connectivity index (χ4v) is 8.24. The van der Waals surface area contributed by atoms with Crippen LogP contribution in [0.15, 0.2) is 28.2 Å². The number of aromatic nitrogens is 2. The Balaban J connectivity index is 1.69. The average Bonchev–Trinajstić information content (AvgIpc) is 3.14. The second kappa shape index (κ2) is 10.1. The van der Waals surface area contributed by atoms with Crippen LogP contribution in [0.4, 0.5) is 5.69 Å². The van der Waals surface area contributed by atoms with Gasteiger partial charge in [-0.2, -0.15) is 4.31 Å². The number of halogens is 1. The number of anilines is 1. The zero-order valence-electron chi connectivity index (χ0n) is 20.8. The second-order valence-corrected chi connectivity index (χ2v) is 12.9. The molecule has 3 heterocycles. The van der Waals surface area contributed by atoms with Gasteiger partial charge in [-0.1, -0.05) is 25.4 Å². The molecule has 4 rings (SSSR count). The van der Waals surface area contributed by atoms with Crippen LogP contribution in [0, 0.1) is 25.7 Å². The number of nitrogens with one attached hydrogen (secondary N) is 1. The molecule has 0 radical (unpaired) electrons. The number of hydrogen-bond acceptors (Lipinski definition) is 7. The highest BCUT2D eigenvalue weighted by atomic mass is 35.5. The highest BCUT2D eigenvalue weighted by Crippen LogP contribution is 2.35. The van der Waals surface area contributed by atoms with E-state index in [1.165, 1.54) is 17.7 Å². The van der Waals surface area contributed by atoms with Gasteiger partial charge in [0.15, 0.2) is 0 Å². The number of hydrogen-bond donors (Lipinski definition) is 1. The molecule has 12 heteroatoms. The monoisotopic (exact) mass is 552 g/mol. The van der Waals surface area contributed by atoms with E-state index in [2.05, 4.69) is 10.3 Å². The topological polar surface area (TPSA) is 111 Å². The third kappa shape index (κ3) is 5.02. The predicted octanol–water partition coefficient (Wildman–Crippen LogP) is 4.04. The molecular formula is C24H29ClN4O5S2. The summed E-state index contributed by atoms with van der Waals surface area (Å²) in [6.45, 7) is 8.00. The maximum absolute atomic E-state index is 13.7. The summed E-state index contributed by atoms with van der Waals surface area (Å²) in [5, 5.41) is 3.25. The number of fused-ring (bicyclic) bond motifs is 1. The SMILES string of the molecule is COc1cc(Cl)c(C)cc1NC(=O)Cn1cnc2sc(C)c(S(=O)(=O)N3CC(C)CC(C)C3)c2c1=O. The van der Waals surface area contributed by atoms with Crippen molar-refractivity contribution in [3.63, 3.8) is 0 Å². The van der Waals surface area contributed by atoms with Crippen molar-refractivity contribution in [1.29, 1.82) is 0 Å². The van der Waals surface area contributed by atoms with Crippen molar-refractivity contribution in [2.75, 3.05) is 25.5 Å². The summed E-state index contributed by atoms with van der Waals surface area (Å²) in [4.78, 5) is 31.4. The number of carbonyl (C=O) groups excluding carboxylic acids is 1. The largest absolute Gasteiger partial charge is 0.495 e. The molecule has 1 aliphatic heterocycles. The maximum atomic E-state index is 13.7. The number of benzene rings is 1. The van der Waals surface area contributed by atoms with E-state index in [0.29, 0.717) is 39.3 Å². The van der Waals surface area contributed by atoms with Gasteiger partial charge < -0.3 is 10.1 Å². The van der Waals surface area contributed by atoms with Crippen LogP contribution in [-0.2, 0) is 21.4 Å². The lowest BCUT2D eigenvalue weighted by Crippen LogP contribution is -2.42. The van der Waals surface area contributed by atoms with Crippen molar-refractivity contribution >= 4 is 54.8 Å². The molecule has 2 aromatic heterocycles. The van der Waals surface area contributed by atoms with E-state index < -0.39 is 21.5 Å². The first-order chi connectivity index (χ1) is 16.9. The Kier molecular flexibility index (Phi) is 7.47. The number of piperidine rings is 1. The summed E-state index contributed by atoms with van der Waals surface area (Å²) in [7, 11) is -2.45. The summed E-state index contributed by atoms with van der Waals surface area (Å²) < 4.78 is 35.3. The summed E-state index contributed by atoms with van der Waals surface area (Å²) in [6, 6.07) is 3.27. The Hall–Kier alpha value is -2.47. The highest BCUT2D eigenvalue weighted by molar-refractivity contribution is 7.89. The van der Waals surface area contributed by atoms with Crippen LogP contribution in [0.25, 0.3) is 10.2 Å². The van der Waals surface area contributed by atoms with Crippen LogP contribution in [-0.4, -0.2) is 48.4 Å². The number of amides is 1. The lowest BCUT2D eigenvalue weighted by atomic mass is 9.94. The van der Waals surface area contributed by atoms with E-state index in [9.17, 15) is 18.0 Å². The van der Waals surface area contributed by atoms with E-state index in [1.54, 1.807) is 26.0 Å². The van der Waals surface area contributed by atoms with Gasteiger partial charge in [-0.05, 0) is 43.7 Å². The van der Waals surface area contributed by atoms with Gasteiger partial charge in [0.1, 0.15) is 22.0 Å². The van der Waals surface area contributed by atoms with Crippen LogP contribution < -0.4 is 15.6 Å². The number of nitrogens with zero attached hydrogens (tertiary/aromatic N) is 3. The minimum absolute atomic E-state index is 0.00828. The first kappa shape index (κ1) is 26.6. The number of methoxy groups -OCH3 is 1. The zero-order chi connectivity index (χ0) is 26.4. The number of ether oxygens (including phenoxy) is 1. The molecule has 1 amide bonds. The molecule has 1 N–H and O–H groups in total. The first-order valence-corrected chi connectivity index (χ1v) is 14.2. The molecule has 0 bridgehead atoms. The normalized spacial score (nSPS) is 18.9. The highest BCUT2D eigenvalue weighted by Gasteiger charge is 2.35. The van der Waals surface area contributed by atoms with Gasteiger partial charge in [0.25, 0.3) is 5.56 Å². The maximum Gasteiger partial charge on any atom is 0.263 e. The molecular weight excluding hydrogens is 524 g/mol. The van der Waals surface area contributed by atoms with E-state index in [1.807, 2.05) is 13.8 Å². The van der Waals surface area contributed by atoms with Crippen molar-refractivity contribution < 1.29 is 17.9 Å². The summed E-state index contributed by atoms with van der Waals surface area (Å²) >= 11 is 7.30. The van der Waals surface area contributed by atoms with Crippen molar-refractivity contribution in [2.45, 2.75) is 45.6 Å². The van der Waals surface area contributed by atoms with Gasteiger partial charge in [-0.25, -0.2) is 13.4 Å². The molecule has 1 fully saturated rings. The molecule has 194 valence electrons. The minimum Gasteiger partial charge on any atom is -0.495 e.